The Labute approximate surface area is 224 Å². The third-order valence-corrected chi connectivity index (χ3v) is 5.91. The van der Waals surface area contributed by atoms with Crippen molar-refractivity contribution in [1.82, 2.24) is 5.32 Å². The van der Waals surface area contributed by atoms with Crippen molar-refractivity contribution in [1.29, 1.82) is 0 Å². The molecule has 1 saturated carbocycles. The predicted octanol–water partition coefficient (Wildman–Crippen LogP) is 6.51. The highest BCUT2D eigenvalue weighted by molar-refractivity contribution is 7.80. The van der Waals surface area contributed by atoms with Crippen LogP contribution in [-0.4, -0.2) is 29.7 Å². The average molecular weight is 566 g/mol. The summed E-state index contributed by atoms with van der Waals surface area (Å²) < 4.78 is 78.6. The molecular weight excluding hydrogens is 544 g/mol. The molecule has 0 spiro atoms. The number of halogens is 6. The molecule has 0 heterocycles. The number of hydrogen-bond donors (Lipinski definition) is 3. The number of aliphatic imine (C=N–C) groups is 2. The number of nitrogens with two attached hydrogens (primary N) is 1. The van der Waals surface area contributed by atoms with E-state index in [-0.39, 0.29) is 23.5 Å². The van der Waals surface area contributed by atoms with E-state index in [2.05, 4.69) is 25.4 Å². The molecule has 1 aliphatic rings. The molecule has 1 aliphatic carbocycles. The lowest BCUT2D eigenvalue weighted by Crippen LogP contribution is -2.31. The Morgan fingerprint density at radius 1 is 0.923 bits per heavy atom. The largest absolute Gasteiger partial charge is 0.573 e. The van der Waals surface area contributed by atoms with Crippen LogP contribution in [0, 0.1) is 0 Å². The zero-order chi connectivity index (χ0) is 28.2. The topological polar surface area (TPSA) is 84.0 Å². The SMILES string of the molecule is NC(=NC=Nc1ccc(OC(F)(F)F)cc1)c1ccc(C2CC2NC(=S)Nc2ccc(C(F)(F)F)cc2)cc1. The molecule has 2 unspecified atom stereocenters. The van der Waals surface area contributed by atoms with E-state index in [0.717, 1.165) is 36.2 Å². The van der Waals surface area contributed by atoms with Crippen LogP contribution in [0.15, 0.2) is 82.8 Å². The van der Waals surface area contributed by atoms with Gasteiger partial charge in [0, 0.05) is 23.2 Å². The number of hydrogen-bond acceptors (Lipinski definition) is 3. The second-order valence-corrected chi connectivity index (χ2v) is 8.95. The van der Waals surface area contributed by atoms with E-state index in [1.54, 1.807) is 12.1 Å². The predicted molar refractivity (Wildman–Crippen MR) is 140 cm³/mol. The molecule has 3 aromatic rings. The van der Waals surface area contributed by atoms with Crippen LogP contribution in [0.4, 0.5) is 37.7 Å². The molecule has 4 N–H and O–H groups in total. The summed E-state index contributed by atoms with van der Waals surface area (Å²) in [4.78, 5) is 8.11. The van der Waals surface area contributed by atoms with Crippen molar-refractivity contribution in [2.45, 2.75) is 30.9 Å². The molecule has 0 aromatic heterocycles. The number of thiocarbonyl (C=S) groups is 1. The van der Waals surface area contributed by atoms with Gasteiger partial charge in [0.2, 0.25) is 0 Å². The zero-order valence-electron chi connectivity index (χ0n) is 19.9. The van der Waals surface area contributed by atoms with Crippen LogP contribution in [0.2, 0.25) is 0 Å². The van der Waals surface area contributed by atoms with Gasteiger partial charge in [0.1, 0.15) is 17.9 Å². The van der Waals surface area contributed by atoms with Gasteiger partial charge in [-0.15, -0.1) is 13.2 Å². The number of rotatable bonds is 7. The van der Waals surface area contributed by atoms with E-state index in [1.165, 1.54) is 30.6 Å². The van der Waals surface area contributed by atoms with Gasteiger partial charge in [-0.1, -0.05) is 24.3 Å². The van der Waals surface area contributed by atoms with Crippen LogP contribution >= 0.6 is 12.2 Å². The van der Waals surface area contributed by atoms with Crippen molar-refractivity contribution in [3.63, 3.8) is 0 Å². The summed E-state index contributed by atoms with van der Waals surface area (Å²) in [5.74, 6) is 0.0556. The van der Waals surface area contributed by atoms with Gasteiger partial charge in [-0.2, -0.15) is 13.2 Å². The van der Waals surface area contributed by atoms with Crippen LogP contribution in [0.25, 0.3) is 0 Å². The Balaban J connectivity index is 1.26. The average Bonchev–Trinajstić information content (AvgIpc) is 3.63. The number of nitrogens with zero attached hydrogens (tertiary/aromatic N) is 2. The fourth-order valence-electron chi connectivity index (χ4n) is 3.67. The number of benzene rings is 3. The zero-order valence-corrected chi connectivity index (χ0v) is 20.7. The smallest absolute Gasteiger partial charge is 0.406 e. The van der Waals surface area contributed by atoms with Crippen LogP contribution in [0.1, 0.15) is 29.0 Å². The van der Waals surface area contributed by atoms with Gasteiger partial charge in [-0.25, -0.2) is 9.98 Å². The van der Waals surface area contributed by atoms with Gasteiger partial charge in [0.05, 0.1) is 11.3 Å². The standard InChI is InChI=1S/C26H21F6N5OS/c27-25(28,29)17-5-7-19(8-6-17)36-24(39)37-22-13-21(22)15-1-3-16(4-2-15)23(33)35-14-34-18-9-11-20(12-10-18)38-26(30,31)32/h1-12,14,21-22H,13H2,(H2,33,34,35)(H2,36,37,39). The van der Waals surface area contributed by atoms with Crippen molar-refractivity contribution in [3.8, 4) is 5.75 Å². The van der Waals surface area contributed by atoms with Crippen LogP contribution in [-0.2, 0) is 6.18 Å². The van der Waals surface area contributed by atoms with Crippen molar-refractivity contribution >= 4 is 40.9 Å². The lowest BCUT2D eigenvalue weighted by atomic mass is 10.1. The molecule has 4 rings (SSSR count). The number of nitrogens with one attached hydrogen (secondary N) is 2. The first-order valence-corrected chi connectivity index (χ1v) is 11.8. The minimum atomic E-state index is -4.77. The maximum absolute atomic E-state index is 12.7. The Bertz CT molecular complexity index is 1350. The van der Waals surface area contributed by atoms with Crippen LogP contribution in [0.3, 0.4) is 0 Å². The Morgan fingerprint density at radius 3 is 2.15 bits per heavy atom. The third kappa shape index (κ3) is 8.18. The molecule has 0 saturated heterocycles. The second-order valence-electron chi connectivity index (χ2n) is 8.54. The molecule has 2 atom stereocenters. The highest BCUT2D eigenvalue weighted by Crippen LogP contribution is 2.41. The molecule has 0 aliphatic heterocycles. The van der Waals surface area contributed by atoms with Crippen molar-refractivity contribution < 1.29 is 31.1 Å². The summed E-state index contributed by atoms with van der Waals surface area (Å²) in [5, 5.41) is 6.36. The number of anilines is 1. The van der Waals surface area contributed by atoms with Gasteiger partial charge in [0.15, 0.2) is 5.11 Å². The highest BCUT2D eigenvalue weighted by Gasteiger charge is 2.39. The van der Waals surface area contributed by atoms with Gasteiger partial charge in [-0.05, 0) is 72.7 Å². The summed E-state index contributed by atoms with van der Waals surface area (Å²) in [5.41, 5.74) is 7.80. The molecule has 0 bridgehead atoms. The summed E-state index contributed by atoms with van der Waals surface area (Å²) in [6.45, 7) is 0. The summed E-state index contributed by atoms with van der Waals surface area (Å²) in [7, 11) is 0. The van der Waals surface area contributed by atoms with E-state index in [4.69, 9.17) is 18.0 Å². The Kier molecular flexibility index (Phi) is 8.09. The van der Waals surface area contributed by atoms with Gasteiger partial charge in [0.25, 0.3) is 0 Å². The maximum Gasteiger partial charge on any atom is 0.573 e. The quantitative estimate of drug-likeness (QED) is 0.132. The summed E-state index contributed by atoms with van der Waals surface area (Å²) in [6.07, 6.45) is -7.13. The number of alkyl halides is 6. The van der Waals surface area contributed by atoms with Gasteiger partial charge >= 0.3 is 12.5 Å². The van der Waals surface area contributed by atoms with E-state index < -0.39 is 18.1 Å². The first kappa shape index (κ1) is 27.9. The van der Waals surface area contributed by atoms with Crippen LogP contribution in [0.5, 0.6) is 5.75 Å². The lowest BCUT2D eigenvalue weighted by molar-refractivity contribution is -0.274. The van der Waals surface area contributed by atoms with E-state index in [1.807, 2.05) is 12.1 Å². The Morgan fingerprint density at radius 2 is 1.56 bits per heavy atom. The van der Waals surface area contributed by atoms with Gasteiger partial charge < -0.3 is 21.1 Å². The molecule has 204 valence electrons. The Hall–Kier alpha value is -4.13. The lowest BCUT2D eigenvalue weighted by Gasteiger charge is -2.12. The van der Waals surface area contributed by atoms with Crippen molar-refractivity contribution in [2.24, 2.45) is 15.7 Å². The molecule has 0 amide bonds. The first-order chi connectivity index (χ1) is 18.4. The summed E-state index contributed by atoms with van der Waals surface area (Å²) >= 11 is 5.28. The molecule has 3 aromatic carbocycles. The minimum Gasteiger partial charge on any atom is -0.406 e. The molecule has 6 nitrogen and oxygen atoms in total. The minimum absolute atomic E-state index is 0.0800. The fourth-order valence-corrected chi connectivity index (χ4v) is 3.94. The number of ether oxygens (including phenoxy) is 1. The third-order valence-electron chi connectivity index (χ3n) is 5.69. The normalized spacial score (nSPS) is 17.6. The van der Waals surface area contributed by atoms with Gasteiger partial charge in [-0.3, -0.25) is 0 Å². The molecule has 39 heavy (non-hydrogen) atoms. The monoisotopic (exact) mass is 565 g/mol. The van der Waals surface area contributed by atoms with Crippen molar-refractivity contribution in [2.75, 3.05) is 5.32 Å². The molecular formula is C26H21F6N5OS. The fraction of sp³-hybridized carbons (Fsp3) is 0.192. The van der Waals surface area contributed by atoms with Crippen LogP contribution < -0.4 is 21.1 Å². The second kappa shape index (κ2) is 11.3. The van der Waals surface area contributed by atoms with E-state index >= 15 is 0 Å². The molecule has 13 heteroatoms. The summed E-state index contributed by atoms with van der Waals surface area (Å²) in [6, 6.07) is 17.1. The maximum atomic E-state index is 12.7. The molecule has 0 radical (unpaired) electrons. The molecule has 1 fully saturated rings. The van der Waals surface area contributed by atoms with E-state index in [9.17, 15) is 26.3 Å². The highest BCUT2D eigenvalue weighted by atomic mass is 32.1. The first-order valence-electron chi connectivity index (χ1n) is 11.4. The van der Waals surface area contributed by atoms with Crippen molar-refractivity contribution in [3.05, 3.63) is 89.5 Å². The number of amidine groups is 1. The van der Waals surface area contributed by atoms with E-state index in [0.29, 0.717) is 22.1 Å².